The smallest absolute Gasteiger partial charge is 0.138 e. The lowest BCUT2D eigenvalue weighted by molar-refractivity contribution is 0.241. The first kappa shape index (κ1) is 15.8. The van der Waals surface area contributed by atoms with Crippen molar-refractivity contribution in [1.29, 1.82) is 0 Å². The van der Waals surface area contributed by atoms with Crippen LogP contribution in [0.15, 0.2) is 36.7 Å². The summed E-state index contributed by atoms with van der Waals surface area (Å²) in [6.45, 7) is 6.03. The third kappa shape index (κ3) is 3.96. The summed E-state index contributed by atoms with van der Waals surface area (Å²) in [6, 6.07) is 8.08. The van der Waals surface area contributed by atoms with Gasteiger partial charge in [-0.1, -0.05) is 23.7 Å². The number of hydrogen-bond donors (Lipinski definition) is 1. The zero-order valence-electron chi connectivity index (χ0n) is 12.9. The van der Waals surface area contributed by atoms with Gasteiger partial charge in [0.05, 0.1) is 18.3 Å². The summed E-state index contributed by atoms with van der Waals surface area (Å²) < 4.78 is 5.71. The minimum Gasteiger partial charge on any atom is -0.489 e. The van der Waals surface area contributed by atoms with Crippen molar-refractivity contribution in [2.24, 2.45) is 0 Å². The number of benzene rings is 1. The van der Waals surface area contributed by atoms with E-state index in [1.54, 1.807) is 6.20 Å². The molecule has 4 heteroatoms. The standard InChI is InChI=1S/C17H21ClN2O/c1-11(2)21-14-8-13(9-20-10-14)17(19-4)15-6-5-12(3)7-16(15)18/h5-11,17,19H,1-4H3. The van der Waals surface area contributed by atoms with E-state index in [1.807, 2.05) is 46.1 Å². The minimum atomic E-state index is -0.0127. The fourth-order valence-electron chi connectivity index (χ4n) is 2.30. The first-order chi connectivity index (χ1) is 10.0. The Kier molecular flexibility index (Phi) is 5.21. The molecule has 1 unspecified atom stereocenters. The van der Waals surface area contributed by atoms with Crippen LogP contribution in [0.25, 0.3) is 0 Å². The van der Waals surface area contributed by atoms with E-state index >= 15 is 0 Å². The van der Waals surface area contributed by atoms with Crippen molar-refractivity contribution in [2.75, 3.05) is 7.05 Å². The summed E-state index contributed by atoms with van der Waals surface area (Å²) in [5.41, 5.74) is 3.21. The third-order valence-corrected chi connectivity index (χ3v) is 3.52. The SMILES string of the molecule is CNC(c1cncc(OC(C)C)c1)c1ccc(C)cc1Cl. The molecule has 112 valence electrons. The van der Waals surface area contributed by atoms with Crippen LogP contribution < -0.4 is 10.1 Å². The van der Waals surface area contributed by atoms with Gasteiger partial charge in [-0.25, -0.2) is 0 Å². The Balaban J connectivity index is 2.37. The van der Waals surface area contributed by atoms with Crippen LogP contribution in [0.2, 0.25) is 5.02 Å². The van der Waals surface area contributed by atoms with Crippen LogP contribution >= 0.6 is 11.6 Å². The fourth-order valence-corrected chi connectivity index (χ4v) is 2.64. The van der Waals surface area contributed by atoms with Crippen molar-refractivity contribution in [3.63, 3.8) is 0 Å². The molecule has 21 heavy (non-hydrogen) atoms. The lowest BCUT2D eigenvalue weighted by atomic mass is 9.99. The van der Waals surface area contributed by atoms with E-state index in [0.29, 0.717) is 0 Å². The van der Waals surface area contributed by atoms with Gasteiger partial charge in [-0.15, -0.1) is 0 Å². The molecule has 3 nitrogen and oxygen atoms in total. The molecule has 2 aromatic rings. The molecule has 1 heterocycles. The van der Waals surface area contributed by atoms with Gasteiger partial charge in [0.15, 0.2) is 0 Å². The van der Waals surface area contributed by atoms with Crippen LogP contribution in [-0.2, 0) is 0 Å². The zero-order valence-corrected chi connectivity index (χ0v) is 13.6. The topological polar surface area (TPSA) is 34.2 Å². The lowest BCUT2D eigenvalue weighted by Crippen LogP contribution is -2.18. The Morgan fingerprint density at radius 3 is 2.57 bits per heavy atom. The summed E-state index contributed by atoms with van der Waals surface area (Å²) in [7, 11) is 1.91. The van der Waals surface area contributed by atoms with Gasteiger partial charge in [0.1, 0.15) is 5.75 Å². The van der Waals surface area contributed by atoms with Crippen LogP contribution in [0, 0.1) is 6.92 Å². The molecule has 2 rings (SSSR count). The van der Waals surface area contributed by atoms with Crippen molar-refractivity contribution >= 4 is 11.6 Å². The first-order valence-corrected chi connectivity index (χ1v) is 7.44. The Labute approximate surface area is 131 Å². The van der Waals surface area contributed by atoms with Gasteiger partial charge in [0.2, 0.25) is 0 Å². The fraction of sp³-hybridized carbons (Fsp3) is 0.353. The highest BCUT2D eigenvalue weighted by Crippen LogP contribution is 2.30. The molecular formula is C17H21ClN2O. The molecule has 0 aliphatic heterocycles. The number of aryl methyl sites for hydroxylation is 1. The molecule has 1 N–H and O–H groups in total. The Hall–Kier alpha value is -1.58. The highest BCUT2D eigenvalue weighted by molar-refractivity contribution is 6.31. The second kappa shape index (κ2) is 6.92. The summed E-state index contributed by atoms with van der Waals surface area (Å²) in [5, 5.41) is 4.05. The van der Waals surface area contributed by atoms with Gasteiger partial charge in [-0.2, -0.15) is 0 Å². The van der Waals surface area contributed by atoms with Gasteiger partial charge in [-0.05, 0) is 56.6 Å². The first-order valence-electron chi connectivity index (χ1n) is 7.06. The van der Waals surface area contributed by atoms with E-state index in [1.165, 1.54) is 0 Å². The maximum Gasteiger partial charge on any atom is 0.138 e. The highest BCUT2D eigenvalue weighted by atomic mass is 35.5. The molecular weight excluding hydrogens is 284 g/mol. The average molecular weight is 305 g/mol. The summed E-state index contributed by atoms with van der Waals surface area (Å²) >= 11 is 6.39. The van der Waals surface area contributed by atoms with Gasteiger partial charge >= 0.3 is 0 Å². The van der Waals surface area contributed by atoms with Crippen molar-refractivity contribution in [3.8, 4) is 5.75 Å². The number of hydrogen-bond acceptors (Lipinski definition) is 3. The van der Waals surface area contributed by atoms with Crippen LogP contribution in [0.4, 0.5) is 0 Å². The van der Waals surface area contributed by atoms with E-state index in [4.69, 9.17) is 16.3 Å². The van der Waals surface area contributed by atoms with Gasteiger partial charge in [0.25, 0.3) is 0 Å². The molecule has 1 aromatic carbocycles. The number of halogens is 1. The molecule has 0 amide bonds. The Bertz CT molecular complexity index is 613. The Morgan fingerprint density at radius 2 is 1.95 bits per heavy atom. The van der Waals surface area contributed by atoms with Crippen molar-refractivity contribution in [2.45, 2.75) is 32.9 Å². The number of pyridine rings is 1. The summed E-state index contributed by atoms with van der Waals surface area (Å²) in [4.78, 5) is 4.27. The second-order valence-corrected chi connectivity index (χ2v) is 5.77. The number of nitrogens with zero attached hydrogens (tertiary/aromatic N) is 1. The van der Waals surface area contributed by atoms with Crippen LogP contribution in [0.5, 0.6) is 5.75 Å². The number of rotatable bonds is 5. The van der Waals surface area contributed by atoms with Crippen molar-refractivity contribution in [3.05, 3.63) is 58.4 Å². The maximum absolute atomic E-state index is 6.39. The molecule has 1 atom stereocenters. The number of aromatic nitrogens is 1. The zero-order chi connectivity index (χ0) is 15.4. The predicted octanol–water partition coefficient (Wildman–Crippen LogP) is 4.14. The van der Waals surface area contributed by atoms with Crippen molar-refractivity contribution in [1.82, 2.24) is 10.3 Å². The largest absolute Gasteiger partial charge is 0.489 e. The van der Waals surface area contributed by atoms with Gasteiger partial charge in [-0.3, -0.25) is 4.98 Å². The highest BCUT2D eigenvalue weighted by Gasteiger charge is 2.16. The molecule has 1 aromatic heterocycles. The molecule has 0 bridgehead atoms. The molecule has 0 saturated heterocycles. The normalized spacial score (nSPS) is 12.5. The van der Waals surface area contributed by atoms with Crippen molar-refractivity contribution < 1.29 is 4.74 Å². The summed E-state index contributed by atoms with van der Waals surface area (Å²) in [6.07, 6.45) is 3.69. The third-order valence-electron chi connectivity index (χ3n) is 3.20. The minimum absolute atomic E-state index is 0.0127. The lowest BCUT2D eigenvalue weighted by Gasteiger charge is -2.19. The number of nitrogens with one attached hydrogen (secondary N) is 1. The molecule has 0 radical (unpaired) electrons. The molecule has 0 saturated carbocycles. The van der Waals surface area contributed by atoms with E-state index in [9.17, 15) is 0 Å². The van der Waals surface area contributed by atoms with E-state index in [2.05, 4.69) is 22.4 Å². The Morgan fingerprint density at radius 1 is 1.19 bits per heavy atom. The van der Waals surface area contributed by atoms with Gasteiger partial charge < -0.3 is 10.1 Å². The van der Waals surface area contributed by atoms with E-state index in [-0.39, 0.29) is 12.1 Å². The second-order valence-electron chi connectivity index (χ2n) is 5.37. The van der Waals surface area contributed by atoms with Crippen LogP contribution in [0.3, 0.4) is 0 Å². The maximum atomic E-state index is 6.39. The van der Waals surface area contributed by atoms with E-state index in [0.717, 1.165) is 27.5 Å². The molecule has 0 fully saturated rings. The molecule has 0 aliphatic carbocycles. The predicted molar refractivity (Wildman–Crippen MR) is 87.1 cm³/mol. The van der Waals surface area contributed by atoms with E-state index < -0.39 is 0 Å². The average Bonchev–Trinajstić information content (AvgIpc) is 2.41. The number of ether oxygens (including phenoxy) is 1. The van der Waals surface area contributed by atoms with Crippen LogP contribution in [0.1, 0.15) is 36.6 Å². The molecule has 0 aliphatic rings. The molecule has 0 spiro atoms. The van der Waals surface area contributed by atoms with Crippen LogP contribution in [-0.4, -0.2) is 18.1 Å². The summed E-state index contributed by atoms with van der Waals surface area (Å²) in [5.74, 6) is 0.769. The monoisotopic (exact) mass is 304 g/mol. The quantitative estimate of drug-likeness (QED) is 0.901. The van der Waals surface area contributed by atoms with Gasteiger partial charge in [0, 0.05) is 11.2 Å².